The van der Waals surface area contributed by atoms with E-state index in [2.05, 4.69) is 4.98 Å². The van der Waals surface area contributed by atoms with Crippen molar-refractivity contribution in [3.63, 3.8) is 0 Å². The van der Waals surface area contributed by atoms with Gasteiger partial charge in [-0.1, -0.05) is 18.2 Å². The summed E-state index contributed by atoms with van der Waals surface area (Å²) in [6.45, 7) is 4.68. The van der Waals surface area contributed by atoms with Gasteiger partial charge in [-0.25, -0.2) is 8.42 Å². The van der Waals surface area contributed by atoms with E-state index in [1.165, 1.54) is 22.5 Å². The van der Waals surface area contributed by atoms with Crippen LogP contribution in [0.2, 0.25) is 0 Å². The van der Waals surface area contributed by atoms with Gasteiger partial charge in [-0.2, -0.15) is 4.31 Å². The topological polar surface area (TPSA) is 117 Å². The first kappa shape index (κ1) is 21.0. The zero-order chi connectivity index (χ0) is 22.3. The van der Waals surface area contributed by atoms with E-state index < -0.39 is 14.9 Å². The van der Waals surface area contributed by atoms with Crippen molar-refractivity contribution in [3.8, 4) is 0 Å². The van der Waals surface area contributed by atoms with Crippen molar-refractivity contribution < 1.29 is 18.1 Å². The normalized spacial score (nSPS) is 15.4. The highest BCUT2D eigenvalue weighted by Crippen LogP contribution is 2.26. The van der Waals surface area contributed by atoms with Gasteiger partial charge in [0.1, 0.15) is 0 Å². The molecule has 4 rings (SSSR count). The van der Waals surface area contributed by atoms with E-state index in [4.69, 9.17) is 0 Å². The molecule has 1 aliphatic rings. The molecule has 0 saturated carbocycles. The molecule has 1 aromatic heterocycles. The Kier molecular flexibility index (Phi) is 5.28. The predicted octanol–water partition coefficient (Wildman–Crippen LogP) is 2.84. The molecular formula is C21H22N4O5S. The van der Waals surface area contributed by atoms with E-state index in [9.17, 15) is 23.3 Å². The smallest absolute Gasteiger partial charge is 0.270 e. The molecule has 1 N–H and O–H groups in total. The maximum atomic E-state index is 13.1. The molecule has 162 valence electrons. The van der Waals surface area contributed by atoms with E-state index in [-0.39, 0.29) is 42.7 Å². The molecular weight excluding hydrogens is 420 g/mol. The highest BCUT2D eigenvalue weighted by Gasteiger charge is 2.31. The quantitative estimate of drug-likeness (QED) is 0.493. The third kappa shape index (κ3) is 3.68. The van der Waals surface area contributed by atoms with Gasteiger partial charge in [0, 0.05) is 49.4 Å². The Morgan fingerprint density at radius 1 is 1.06 bits per heavy atom. The maximum absolute atomic E-state index is 13.1. The lowest BCUT2D eigenvalue weighted by Crippen LogP contribution is -2.50. The number of carbonyl (C=O) groups is 1. The number of carbonyl (C=O) groups excluding carboxylic acids is 1. The van der Waals surface area contributed by atoms with Gasteiger partial charge in [0.25, 0.3) is 11.6 Å². The molecule has 2 heterocycles. The van der Waals surface area contributed by atoms with Crippen molar-refractivity contribution >= 4 is 32.5 Å². The first-order chi connectivity index (χ1) is 14.7. The summed E-state index contributed by atoms with van der Waals surface area (Å²) >= 11 is 0. The minimum absolute atomic E-state index is 0.121. The molecule has 0 bridgehead atoms. The van der Waals surface area contributed by atoms with Crippen molar-refractivity contribution in [2.75, 3.05) is 26.2 Å². The molecule has 10 heteroatoms. The number of H-pyrrole nitrogens is 1. The van der Waals surface area contributed by atoms with Crippen molar-refractivity contribution in [1.29, 1.82) is 0 Å². The third-order valence-corrected chi connectivity index (χ3v) is 7.66. The number of benzene rings is 2. The van der Waals surface area contributed by atoms with E-state index >= 15 is 0 Å². The van der Waals surface area contributed by atoms with Gasteiger partial charge < -0.3 is 9.88 Å². The highest BCUT2D eigenvalue weighted by atomic mass is 32.2. The molecule has 31 heavy (non-hydrogen) atoms. The number of sulfonamides is 1. The van der Waals surface area contributed by atoms with E-state index in [0.29, 0.717) is 5.56 Å². The number of nitrogens with zero attached hydrogens (tertiary/aromatic N) is 3. The average Bonchev–Trinajstić information content (AvgIpc) is 3.07. The zero-order valence-corrected chi connectivity index (χ0v) is 18.0. The maximum Gasteiger partial charge on any atom is 0.270 e. The number of hydrogen-bond donors (Lipinski definition) is 1. The monoisotopic (exact) mass is 442 g/mol. The Balaban J connectivity index is 1.52. The van der Waals surface area contributed by atoms with Crippen molar-refractivity contribution in [1.82, 2.24) is 14.2 Å². The number of aromatic amines is 1. The molecule has 0 atom stereocenters. The summed E-state index contributed by atoms with van der Waals surface area (Å²) in [6, 6.07) is 10.6. The fraction of sp³-hybridized carbons (Fsp3) is 0.286. The number of aryl methyl sites for hydroxylation is 2. The number of aromatic nitrogens is 1. The lowest BCUT2D eigenvalue weighted by atomic mass is 10.1. The second kappa shape index (κ2) is 7.78. The number of amides is 1. The van der Waals surface area contributed by atoms with Gasteiger partial charge in [-0.3, -0.25) is 14.9 Å². The average molecular weight is 442 g/mol. The van der Waals surface area contributed by atoms with Crippen LogP contribution in [0.25, 0.3) is 10.9 Å². The number of piperazine rings is 1. The second-order valence-electron chi connectivity index (χ2n) is 7.55. The number of fused-ring (bicyclic) bond motifs is 1. The van der Waals surface area contributed by atoms with E-state index in [1.54, 1.807) is 11.0 Å². The third-order valence-electron chi connectivity index (χ3n) is 5.77. The SMILES string of the molecule is Cc1[nH]c2c(C(=O)N3CCN(S(=O)(=O)c4cccc([N+](=O)[O-])c4)CC3)cccc2c1C. The molecule has 1 aliphatic heterocycles. The van der Waals surface area contributed by atoms with E-state index in [0.717, 1.165) is 28.2 Å². The van der Waals surface area contributed by atoms with Crippen LogP contribution in [0.15, 0.2) is 47.4 Å². The summed E-state index contributed by atoms with van der Waals surface area (Å²) in [5.41, 5.74) is 3.16. The fourth-order valence-electron chi connectivity index (χ4n) is 3.87. The number of hydrogen-bond acceptors (Lipinski definition) is 5. The molecule has 1 amide bonds. The predicted molar refractivity (Wildman–Crippen MR) is 116 cm³/mol. The first-order valence-electron chi connectivity index (χ1n) is 9.82. The lowest BCUT2D eigenvalue weighted by Gasteiger charge is -2.34. The van der Waals surface area contributed by atoms with Crippen LogP contribution in [-0.2, 0) is 10.0 Å². The van der Waals surface area contributed by atoms with Crippen LogP contribution in [-0.4, -0.2) is 59.6 Å². The Morgan fingerprint density at radius 3 is 2.42 bits per heavy atom. The lowest BCUT2D eigenvalue weighted by molar-refractivity contribution is -0.385. The summed E-state index contributed by atoms with van der Waals surface area (Å²) in [5.74, 6) is -0.153. The molecule has 9 nitrogen and oxygen atoms in total. The molecule has 1 fully saturated rings. The Bertz CT molecular complexity index is 1290. The van der Waals surface area contributed by atoms with Gasteiger partial charge in [0.15, 0.2) is 0 Å². The van der Waals surface area contributed by atoms with E-state index in [1.807, 2.05) is 26.0 Å². The van der Waals surface area contributed by atoms with Gasteiger partial charge in [-0.05, 0) is 31.5 Å². The fourth-order valence-corrected chi connectivity index (χ4v) is 5.33. The van der Waals surface area contributed by atoms with Crippen LogP contribution < -0.4 is 0 Å². The summed E-state index contributed by atoms with van der Waals surface area (Å²) < 4.78 is 27.1. The Hall–Kier alpha value is -3.24. The highest BCUT2D eigenvalue weighted by molar-refractivity contribution is 7.89. The summed E-state index contributed by atoms with van der Waals surface area (Å²) in [5, 5.41) is 12.0. The molecule has 0 spiro atoms. The van der Waals surface area contributed by atoms with Gasteiger partial charge in [0.2, 0.25) is 10.0 Å². The summed E-state index contributed by atoms with van der Waals surface area (Å²) in [7, 11) is -3.88. The van der Waals surface area contributed by atoms with Crippen LogP contribution in [0.3, 0.4) is 0 Å². The van der Waals surface area contributed by atoms with Gasteiger partial charge in [-0.15, -0.1) is 0 Å². The first-order valence-corrected chi connectivity index (χ1v) is 11.3. The minimum atomic E-state index is -3.88. The molecule has 0 unspecified atom stereocenters. The number of nitro groups is 1. The van der Waals surface area contributed by atoms with Crippen LogP contribution >= 0.6 is 0 Å². The number of rotatable bonds is 4. The molecule has 2 aromatic carbocycles. The summed E-state index contributed by atoms with van der Waals surface area (Å²) in [6.07, 6.45) is 0. The number of nitro benzene ring substituents is 1. The van der Waals surface area contributed by atoms with Crippen LogP contribution in [0, 0.1) is 24.0 Å². The van der Waals surface area contributed by atoms with Crippen molar-refractivity contribution in [2.24, 2.45) is 0 Å². The van der Waals surface area contributed by atoms with Crippen LogP contribution in [0.4, 0.5) is 5.69 Å². The molecule has 3 aromatic rings. The number of non-ortho nitro benzene ring substituents is 1. The van der Waals surface area contributed by atoms with Gasteiger partial charge in [0.05, 0.1) is 20.9 Å². The minimum Gasteiger partial charge on any atom is -0.358 e. The van der Waals surface area contributed by atoms with Gasteiger partial charge >= 0.3 is 0 Å². The standard InChI is InChI=1S/C21H22N4O5S/c1-14-15(2)22-20-18(14)7-4-8-19(20)21(26)23-9-11-24(12-10-23)31(29,30)17-6-3-5-16(13-17)25(27)28/h3-8,13,22H,9-12H2,1-2H3. The molecule has 0 radical (unpaired) electrons. The Morgan fingerprint density at radius 2 is 1.74 bits per heavy atom. The second-order valence-corrected chi connectivity index (χ2v) is 9.49. The number of para-hydroxylation sites is 1. The van der Waals surface area contributed by atoms with Crippen LogP contribution in [0.1, 0.15) is 21.6 Å². The largest absolute Gasteiger partial charge is 0.358 e. The van der Waals surface area contributed by atoms with Crippen molar-refractivity contribution in [2.45, 2.75) is 18.7 Å². The van der Waals surface area contributed by atoms with Crippen molar-refractivity contribution in [3.05, 3.63) is 69.4 Å². The van der Waals surface area contributed by atoms with Crippen LogP contribution in [0.5, 0.6) is 0 Å². The number of nitrogens with one attached hydrogen (secondary N) is 1. The zero-order valence-electron chi connectivity index (χ0n) is 17.2. The summed E-state index contributed by atoms with van der Waals surface area (Å²) in [4.78, 5) is 28.3. The molecule has 0 aliphatic carbocycles. The Labute approximate surface area is 179 Å². The molecule has 1 saturated heterocycles.